The minimum absolute atomic E-state index is 0.0902. The fraction of sp³-hybridized carbons (Fsp3) is 0.333. The highest BCUT2D eigenvalue weighted by Gasteiger charge is 2.85. The zero-order valence-electron chi connectivity index (χ0n) is 15.7. The molecule has 2 aromatic carbocycles. The van der Waals surface area contributed by atoms with Gasteiger partial charge in [-0.15, -0.1) is 0 Å². The Kier molecular flexibility index (Phi) is 4.74. The van der Waals surface area contributed by atoms with Gasteiger partial charge in [0.25, 0.3) is 0 Å². The van der Waals surface area contributed by atoms with Crippen molar-refractivity contribution >= 4 is 19.3 Å². The Bertz CT molecular complexity index is 962. The number of rotatable bonds is 7. The molecule has 0 saturated heterocycles. The minimum Gasteiger partial charge on any atom is -0.425 e. The maximum atomic E-state index is 13.8. The van der Waals surface area contributed by atoms with Gasteiger partial charge in [-0.1, -0.05) is 48.5 Å². The van der Waals surface area contributed by atoms with Crippen molar-refractivity contribution in [3.05, 3.63) is 65.7 Å². The Morgan fingerprint density at radius 1 is 1.04 bits per heavy atom. The molecule has 0 N–H and O–H groups in total. The molecule has 1 fully saturated rings. The molecule has 3 atom stereocenters. The lowest BCUT2D eigenvalue weighted by Crippen LogP contribution is -2.36. The summed E-state index contributed by atoms with van der Waals surface area (Å²) in [5.74, 6) is -2.08. The molecule has 146 valence electrons. The van der Waals surface area contributed by atoms with Gasteiger partial charge in [0.2, 0.25) is 0 Å². The van der Waals surface area contributed by atoms with Crippen molar-refractivity contribution < 1.29 is 27.9 Å². The molecule has 0 radical (unpaired) electrons. The largest absolute Gasteiger partial charge is 0.425 e. The van der Waals surface area contributed by atoms with Crippen LogP contribution in [-0.2, 0) is 18.4 Å². The average Bonchev–Trinajstić information content (AvgIpc) is 3.42. The van der Waals surface area contributed by atoms with Gasteiger partial charge in [0.15, 0.2) is 10.9 Å². The van der Waals surface area contributed by atoms with Crippen LogP contribution in [0.4, 0.5) is 0 Å². The van der Waals surface area contributed by atoms with E-state index in [9.17, 15) is 14.2 Å². The second-order valence-corrected chi connectivity index (χ2v) is 9.02. The number of Topliss-reactive ketones (excluding diaryl/α,β-unsaturated/α-hetero) is 1. The van der Waals surface area contributed by atoms with Gasteiger partial charge in [0, 0.05) is 17.0 Å². The van der Waals surface area contributed by atoms with E-state index in [1.54, 1.807) is 68.4 Å². The van der Waals surface area contributed by atoms with E-state index >= 15 is 0 Å². The number of fused-ring (bicyclic) bond motifs is 3. The third-order valence-electron chi connectivity index (χ3n) is 5.35. The molecule has 0 aromatic heterocycles. The summed E-state index contributed by atoms with van der Waals surface area (Å²) in [4.78, 5) is 26.5. The van der Waals surface area contributed by atoms with Crippen LogP contribution in [0.5, 0.6) is 5.75 Å². The number of hydrogen-bond acceptors (Lipinski definition) is 6. The lowest BCUT2D eigenvalue weighted by atomic mass is 10.0. The van der Waals surface area contributed by atoms with Crippen molar-refractivity contribution in [2.75, 3.05) is 13.2 Å². The Hall–Kier alpha value is -2.27. The molecule has 1 heterocycles. The lowest BCUT2D eigenvalue weighted by Gasteiger charge is -2.29. The average molecular weight is 400 g/mol. The molecular formula is C21H21O6P. The van der Waals surface area contributed by atoms with Crippen LogP contribution in [0.15, 0.2) is 54.6 Å². The van der Waals surface area contributed by atoms with Crippen LogP contribution in [0.3, 0.4) is 0 Å². The third kappa shape index (κ3) is 2.52. The van der Waals surface area contributed by atoms with Crippen LogP contribution >= 0.6 is 7.60 Å². The van der Waals surface area contributed by atoms with Gasteiger partial charge in [0.1, 0.15) is 5.75 Å². The van der Waals surface area contributed by atoms with Crippen molar-refractivity contribution in [3.8, 4) is 5.75 Å². The molecule has 2 aromatic rings. The summed E-state index contributed by atoms with van der Waals surface area (Å²) in [6.45, 7) is 3.53. The Balaban J connectivity index is 1.89. The molecule has 6 nitrogen and oxygen atoms in total. The van der Waals surface area contributed by atoms with Crippen molar-refractivity contribution in [1.82, 2.24) is 0 Å². The Morgan fingerprint density at radius 2 is 1.64 bits per heavy atom. The molecule has 0 amide bonds. The van der Waals surface area contributed by atoms with Gasteiger partial charge in [-0.2, -0.15) is 0 Å². The van der Waals surface area contributed by atoms with Crippen LogP contribution in [0, 0.1) is 5.92 Å². The second-order valence-electron chi connectivity index (χ2n) is 6.77. The summed E-state index contributed by atoms with van der Waals surface area (Å²) < 4.78 is 30.4. The molecule has 0 bridgehead atoms. The van der Waals surface area contributed by atoms with E-state index in [0.29, 0.717) is 16.9 Å². The van der Waals surface area contributed by atoms with Gasteiger partial charge in [0.05, 0.1) is 19.1 Å². The zero-order chi connectivity index (χ0) is 19.9. The summed E-state index contributed by atoms with van der Waals surface area (Å²) in [5.41, 5.74) is 1.13. The van der Waals surface area contributed by atoms with Gasteiger partial charge in [-0.3, -0.25) is 14.2 Å². The first-order chi connectivity index (χ1) is 13.5. The first kappa shape index (κ1) is 19.1. The smallest absolute Gasteiger partial charge is 0.349 e. The fourth-order valence-corrected chi connectivity index (χ4v) is 6.85. The summed E-state index contributed by atoms with van der Waals surface area (Å²) >= 11 is 0. The monoisotopic (exact) mass is 400 g/mol. The van der Waals surface area contributed by atoms with Crippen molar-refractivity contribution in [2.24, 2.45) is 5.92 Å². The zero-order valence-corrected chi connectivity index (χ0v) is 16.6. The van der Waals surface area contributed by atoms with Crippen molar-refractivity contribution in [3.63, 3.8) is 0 Å². The van der Waals surface area contributed by atoms with Gasteiger partial charge in [-0.05, 0) is 19.9 Å². The van der Waals surface area contributed by atoms with Crippen LogP contribution in [0.25, 0.3) is 0 Å². The topological polar surface area (TPSA) is 78.9 Å². The van der Waals surface area contributed by atoms with Crippen LogP contribution < -0.4 is 4.74 Å². The van der Waals surface area contributed by atoms with E-state index in [-0.39, 0.29) is 19.0 Å². The molecule has 0 unspecified atom stereocenters. The van der Waals surface area contributed by atoms with Gasteiger partial charge < -0.3 is 13.8 Å². The molecule has 4 rings (SSSR count). The SMILES string of the molecule is CCOP(=O)(OCC)[C@@]12C(=O)Oc3ccccc3[C@@H]1[C@@H]2C(=O)c1ccccc1. The lowest BCUT2D eigenvalue weighted by molar-refractivity contribution is -0.136. The summed E-state index contributed by atoms with van der Waals surface area (Å²) in [7, 11) is -3.97. The molecule has 1 aliphatic heterocycles. The van der Waals surface area contributed by atoms with Crippen molar-refractivity contribution in [2.45, 2.75) is 24.9 Å². The van der Waals surface area contributed by atoms with E-state index in [1.165, 1.54) is 0 Å². The van der Waals surface area contributed by atoms with E-state index in [1.807, 2.05) is 0 Å². The predicted molar refractivity (Wildman–Crippen MR) is 103 cm³/mol. The van der Waals surface area contributed by atoms with E-state index in [2.05, 4.69) is 0 Å². The number of carbonyl (C=O) groups excluding carboxylic acids is 2. The van der Waals surface area contributed by atoms with E-state index in [4.69, 9.17) is 13.8 Å². The Labute approximate surface area is 163 Å². The maximum Gasteiger partial charge on any atom is 0.349 e. The van der Waals surface area contributed by atoms with Gasteiger partial charge in [-0.25, -0.2) is 0 Å². The molecule has 28 heavy (non-hydrogen) atoms. The molecule has 1 saturated carbocycles. The standard InChI is InChI=1S/C21H21O6P/c1-3-25-28(24,26-4-2)21-17(15-12-8-9-13-16(15)27-20(21)23)18(21)19(22)14-10-6-5-7-11-14/h5-13,17-18H,3-4H2,1-2H3/t17-,18-,21+/m1/s1. The molecule has 2 aliphatic rings. The van der Waals surface area contributed by atoms with Crippen molar-refractivity contribution in [1.29, 1.82) is 0 Å². The number of hydrogen-bond donors (Lipinski definition) is 0. The summed E-state index contributed by atoms with van der Waals surface area (Å²) in [6.07, 6.45) is 0. The normalized spacial score (nSPS) is 25.4. The number of para-hydroxylation sites is 1. The number of carbonyl (C=O) groups is 2. The highest BCUT2D eigenvalue weighted by Crippen LogP contribution is 2.82. The van der Waals surface area contributed by atoms with E-state index in [0.717, 1.165) is 0 Å². The summed E-state index contributed by atoms with van der Waals surface area (Å²) in [6, 6.07) is 15.7. The molecule has 0 spiro atoms. The first-order valence-corrected chi connectivity index (χ1v) is 10.8. The predicted octanol–water partition coefficient (Wildman–Crippen LogP) is 4.21. The highest BCUT2D eigenvalue weighted by atomic mass is 31.2. The molecule has 7 heteroatoms. The molecule has 1 aliphatic carbocycles. The second kappa shape index (κ2) is 6.96. The number of esters is 1. The van der Waals surface area contributed by atoms with Crippen LogP contribution in [0.1, 0.15) is 35.7 Å². The minimum atomic E-state index is -3.97. The maximum absolute atomic E-state index is 13.8. The van der Waals surface area contributed by atoms with Crippen LogP contribution in [0.2, 0.25) is 0 Å². The highest BCUT2D eigenvalue weighted by molar-refractivity contribution is 7.57. The summed E-state index contributed by atoms with van der Waals surface area (Å²) in [5, 5.41) is -1.65. The number of ether oxygens (including phenoxy) is 1. The number of benzene rings is 2. The van der Waals surface area contributed by atoms with Gasteiger partial charge >= 0.3 is 13.6 Å². The third-order valence-corrected chi connectivity index (χ3v) is 8.19. The number of ketones is 1. The first-order valence-electron chi connectivity index (χ1n) is 9.31. The quantitative estimate of drug-likeness (QED) is 0.300. The van der Waals surface area contributed by atoms with Crippen LogP contribution in [-0.4, -0.2) is 30.1 Å². The Morgan fingerprint density at radius 3 is 2.29 bits per heavy atom. The fourth-order valence-electron chi connectivity index (χ4n) is 4.23. The van der Waals surface area contributed by atoms with E-state index < -0.39 is 30.6 Å². The molecular weight excluding hydrogens is 379 g/mol.